The van der Waals surface area contributed by atoms with Crippen molar-refractivity contribution in [2.24, 2.45) is 0 Å². The number of hydrogen-bond donors (Lipinski definition) is 0. The molecule has 0 aliphatic rings. The Hall–Kier alpha value is -1.58. The fourth-order valence-electron chi connectivity index (χ4n) is 1.14. The number of ether oxygens (including phenoxy) is 2. The SMILES string of the molecule is C=COC(=O)CC=CC(=O)OCCCCCC. The molecule has 0 rings (SSSR count). The van der Waals surface area contributed by atoms with Crippen molar-refractivity contribution in [3.63, 3.8) is 0 Å². The minimum Gasteiger partial charge on any atom is -0.463 e. The van der Waals surface area contributed by atoms with Crippen molar-refractivity contribution < 1.29 is 19.1 Å². The first-order chi connectivity index (χ1) is 8.20. The van der Waals surface area contributed by atoms with E-state index < -0.39 is 11.9 Å². The molecule has 0 saturated carbocycles. The van der Waals surface area contributed by atoms with Gasteiger partial charge in [-0.3, -0.25) is 4.79 Å². The lowest BCUT2D eigenvalue weighted by Crippen LogP contribution is -2.03. The minimum absolute atomic E-state index is 0.0386. The van der Waals surface area contributed by atoms with Crippen LogP contribution in [-0.2, 0) is 19.1 Å². The van der Waals surface area contributed by atoms with Crippen LogP contribution in [-0.4, -0.2) is 18.5 Å². The van der Waals surface area contributed by atoms with E-state index in [4.69, 9.17) is 4.74 Å². The van der Waals surface area contributed by atoms with Gasteiger partial charge in [-0.15, -0.1) is 0 Å². The van der Waals surface area contributed by atoms with Crippen molar-refractivity contribution in [3.8, 4) is 0 Å². The standard InChI is InChI=1S/C13H20O4/c1-3-5-6-7-11-17-13(15)10-8-9-12(14)16-4-2/h4,8,10H,2-3,5-7,9,11H2,1H3. The van der Waals surface area contributed by atoms with E-state index in [-0.39, 0.29) is 6.42 Å². The second kappa shape index (κ2) is 10.9. The summed E-state index contributed by atoms with van der Waals surface area (Å²) in [5.41, 5.74) is 0. The van der Waals surface area contributed by atoms with Crippen LogP contribution in [0.4, 0.5) is 0 Å². The maximum absolute atomic E-state index is 11.1. The molecule has 0 saturated heterocycles. The summed E-state index contributed by atoms with van der Waals surface area (Å²) < 4.78 is 9.40. The molecular formula is C13H20O4. The Balaban J connectivity index is 3.54. The Kier molecular flexibility index (Phi) is 9.91. The average molecular weight is 240 g/mol. The molecule has 96 valence electrons. The van der Waals surface area contributed by atoms with Gasteiger partial charge in [-0.2, -0.15) is 0 Å². The first-order valence-electron chi connectivity index (χ1n) is 5.84. The number of carbonyl (C=O) groups excluding carboxylic acids is 2. The lowest BCUT2D eigenvalue weighted by atomic mass is 10.2. The van der Waals surface area contributed by atoms with E-state index in [1.165, 1.54) is 12.2 Å². The number of carbonyl (C=O) groups is 2. The predicted octanol–water partition coefficient (Wildman–Crippen LogP) is 2.74. The molecule has 0 heterocycles. The summed E-state index contributed by atoms with van der Waals surface area (Å²) >= 11 is 0. The third-order valence-electron chi connectivity index (χ3n) is 2.00. The molecule has 0 unspecified atom stereocenters. The van der Waals surface area contributed by atoms with Crippen LogP contribution in [0, 0.1) is 0 Å². The zero-order valence-electron chi connectivity index (χ0n) is 10.3. The van der Waals surface area contributed by atoms with Crippen LogP contribution in [0.3, 0.4) is 0 Å². The summed E-state index contributed by atoms with van der Waals surface area (Å²) in [6.07, 6.45) is 8.01. The fraction of sp³-hybridized carbons (Fsp3) is 0.538. The van der Waals surface area contributed by atoms with E-state index in [0.717, 1.165) is 31.9 Å². The number of hydrogen-bond acceptors (Lipinski definition) is 4. The molecule has 0 aromatic carbocycles. The molecule has 0 N–H and O–H groups in total. The Labute approximate surface area is 102 Å². The van der Waals surface area contributed by atoms with Gasteiger partial charge in [0.25, 0.3) is 0 Å². The molecule has 0 fully saturated rings. The maximum Gasteiger partial charge on any atom is 0.330 e. The fourth-order valence-corrected chi connectivity index (χ4v) is 1.14. The first kappa shape index (κ1) is 15.4. The number of esters is 2. The molecule has 17 heavy (non-hydrogen) atoms. The topological polar surface area (TPSA) is 52.6 Å². The van der Waals surface area contributed by atoms with Gasteiger partial charge >= 0.3 is 11.9 Å². The van der Waals surface area contributed by atoms with Crippen molar-refractivity contribution >= 4 is 11.9 Å². The van der Waals surface area contributed by atoms with Crippen molar-refractivity contribution in [3.05, 3.63) is 25.0 Å². The Morgan fingerprint density at radius 1 is 1.24 bits per heavy atom. The van der Waals surface area contributed by atoms with Crippen molar-refractivity contribution in [1.82, 2.24) is 0 Å². The lowest BCUT2D eigenvalue weighted by molar-refractivity contribution is -0.137. The number of rotatable bonds is 9. The molecule has 0 amide bonds. The predicted molar refractivity (Wildman–Crippen MR) is 65.1 cm³/mol. The van der Waals surface area contributed by atoms with Crippen LogP contribution < -0.4 is 0 Å². The molecule has 0 atom stereocenters. The second-order valence-electron chi connectivity index (χ2n) is 3.49. The van der Waals surface area contributed by atoms with Crippen molar-refractivity contribution in [1.29, 1.82) is 0 Å². The van der Waals surface area contributed by atoms with Gasteiger partial charge in [-0.1, -0.05) is 38.8 Å². The molecular weight excluding hydrogens is 220 g/mol. The summed E-state index contributed by atoms with van der Waals surface area (Å²) in [5, 5.41) is 0. The van der Waals surface area contributed by atoms with Crippen LogP contribution >= 0.6 is 0 Å². The van der Waals surface area contributed by atoms with E-state index in [0.29, 0.717) is 6.61 Å². The highest BCUT2D eigenvalue weighted by molar-refractivity contribution is 5.83. The monoisotopic (exact) mass is 240 g/mol. The third-order valence-corrected chi connectivity index (χ3v) is 2.00. The molecule has 0 spiro atoms. The molecule has 0 radical (unpaired) electrons. The summed E-state index contributed by atoms with van der Waals surface area (Å²) in [7, 11) is 0. The highest BCUT2D eigenvalue weighted by Gasteiger charge is 1.99. The normalized spacial score (nSPS) is 10.2. The maximum atomic E-state index is 11.1. The average Bonchev–Trinajstić information content (AvgIpc) is 2.29. The molecule has 0 aliphatic heterocycles. The van der Waals surface area contributed by atoms with E-state index in [1.807, 2.05) is 0 Å². The van der Waals surface area contributed by atoms with E-state index in [1.54, 1.807) is 0 Å². The van der Waals surface area contributed by atoms with Crippen molar-refractivity contribution in [2.45, 2.75) is 39.0 Å². The minimum atomic E-state index is -0.452. The third kappa shape index (κ3) is 10.7. The lowest BCUT2D eigenvalue weighted by Gasteiger charge is -2.00. The Morgan fingerprint density at radius 3 is 2.65 bits per heavy atom. The van der Waals surface area contributed by atoms with Crippen LogP contribution in [0.15, 0.2) is 25.0 Å². The van der Waals surface area contributed by atoms with Crippen LogP contribution in [0.5, 0.6) is 0 Å². The Morgan fingerprint density at radius 2 is 2.00 bits per heavy atom. The van der Waals surface area contributed by atoms with Crippen LogP contribution in [0.2, 0.25) is 0 Å². The molecule has 4 nitrogen and oxygen atoms in total. The van der Waals surface area contributed by atoms with Crippen molar-refractivity contribution in [2.75, 3.05) is 6.61 Å². The summed E-state index contributed by atoms with van der Waals surface area (Å²) in [5.74, 6) is -0.875. The smallest absolute Gasteiger partial charge is 0.330 e. The van der Waals surface area contributed by atoms with Gasteiger partial charge in [0, 0.05) is 6.08 Å². The molecule has 0 bridgehead atoms. The van der Waals surface area contributed by atoms with E-state index >= 15 is 0 Å². The first-order valence-corrected chi connectivity index (χ1v) is 5.84. The second-order valence-corrected chi connectivity index (χ2v) is 3.49. The molecule has 4 heteroatoms. The number of unbranched alkanes of at least 4 members (excludes halogenated alkanes) is 3. The quantitative estimate of drug-likeness (QED) is 0.269. The zero-order valence-corrected chi connectivity index (χ0v) is 10.3. The van der Waals surface area contributed by atoms with Gasteiger partial charge in [-0.25, -0.2) is 4.79 Å². The van der Waals surface area contributed by atoms with Gasteiger partial charge in [0.1, 0.15) is 0 Å². The van der Waals surface area contributed by atoms with Crippen LogP contribution in [0.1, 0.15) is 39.0 Å². The van der Waals surface area contributed by atoms with E-state index in [9.17, 15) is 9.59 Å². The van der Waals surface area contributed by atoms with Gasteiger partial charge in [0.05, 0.1) is 19.3 Å². The largest absolute Gasteiger partial charge is 0.463 e. The van der Waals surface area contributed by atoms with Gasteiger partial charge in [-0.05, 0) is 6.42 Å². The molecule has 0 aromatic heterocycles. The summed E-state index contributed by atoms with van der Waals surface area (Å²) in [6.45, 7) is 5.80. The van der Waals surface area contributed by atoms with Gasteiger partial charge < -0.3 is 9.47 Å². The highest BCUT2D eigenvalue weighted by atomic mass is 16.5. The summed E-state index contributed by atoms with van der Waals surface area (Å²) in [6, 6.07) is 0. The molecule has 0 aromatic rings. The summed E-state index contributed by atoms with van der Waals surface area (Å²) in [4.78, 5) is 22.0. The highest BCUT2D eigenvalue weighted by Crippen LogP contribution is 1.99. The zero-order chi connectivity index (χ0) is 12.9. The Bertz CT molecular complexity index is 269. The molecule has 0 aliphatic carbocycles. The van der Waals surface area contributed by atoms with Gasteiger partial charge in [0.15, 0.2) is 0 Å². The van der Waals surface area contributed by atoms with E-state index in [2.05, 4.69) is 18.2 Å². The van der Waals surface area contributed by atoms with Crippen LogP contribution in [0.25, 0.3) is 0 Å². The van der Waals surface area contributed by atoms with Gasteiger partial charge in [0.2, 0.25) is 0 Å².